The molecule has 39 heteroatoms. The van der Waals surface area contributed by atoms with Crippen LogP contribution in [0, 0.1) is 23.7 Å². The second kappa shape index (κ2) is 55.5. The van der Waals surface area contributed by atoms with Crippen molar-refractivity contribution in [2.75, 3.05) is 13.1 Å². The lowest BCUT2D eigenvalue weighted by Gasteiger charge is -2.36. The number of hydrogen-bond donors (Lipinski definition) is 20. The van der Waals surface area contributed by atoms with E-state index in [1.807, 2.05) is 26.0 Å². The molecule has 5 rings (SSSR count). The summed E-state index contributed by atoms with van der Waals surface area (Å²) in [7, 11) is 0. The summed E-state index contributed by atoms with van der Waals surface area (Å²) < 4.78 is 0. The molecule has 0 fully saturated rings. The molecule has 0 spiro atoms. The van der Waals surface area contributed by atoms with Gasteiger partial charge in [0.1, 0.15) is 65.4 Å². The van der Waals surface area contributed by atoms with Gasteiger partial charge in [-0.05, 0) is 180 Å². The molecule has 18 atom stereocenters. The number of aliphatic hydroxyl groups excluding tert-OH is 1. The molecule has 2 heterocycles. The van der Waals surface area contributed by atoms with Crippen LogP contribution in [0.15, 0.2) is 97.2 Å². The van der Waals surface area contributed by atoms with Crippen molar-refractivity contribution in [1.82, 2.24) is 84.7 Å². The first-order valence-corrected chi connectivity index (χ1v) is 46.7. The van der Waals surface area contributed by atoms with Gasteiger partial charge in [0.15, 0.2) is 0 Å². The van der Waals surface area contributed by atoms with Crippen molar-refractivity contribution in [3.05, 3.63) is 114 Å². The molecule has 0 aliphatic carbocycles. The number of nitrogens with two attached hydrogens (primary N) is 1. The number of carboxylic acids is 1. The number of carboxylic acid groups (broad SMARTS) is 1. The highest BCUT2D eigenvalue weighted by molar-refractivity contribution is 6.41. The predicted molar refractivity (Wildman–Crippen MR) is 507 cm³/mol. The van der Waals surface area contributed by atoms with E-state index in [0.717, 1.165) is 0 Å². The van der Waals surface area contributed by atoms with Gasteiger partial charge in [0.2, 0.25) is 99.9 Å². The number of carbonyl (C=O) groups excluding carboxylic acids is 18. The Kier molecular flexibility index (Phi) is 46.5. The summed E-state index contributed by atoms with van der Waals surface area (Å²) in [6, 6.07) is 1.87. The molecule has 21 N–H and O–H groups in total. The highest BCUT2D eigenvalue weighted by atomic mass is 16.4. The Morgan fingerprint density at radius 3 is 1.69 bits per heavy atom. The van der Waals surface area contributed by atoms with Crippen LogP contribution in [0.3, 0.4) is 0 Å². The number of primary amides is 1. The van der Waals surface area contributed by atoms with E-state index in [9.17, 15) is 77.6 Å². The molecule has 4 aromatic rings. The molecule has 3 aromatic carbocycles. The average molecular weight is 1900 g/mol. The van der Waals surface area contributed by atoms with E-state index in [1.165, 1.54) is 93.5 Å². The second-order valence-corrected chi connectivity index (χ2v) is 37.0. The van der Waals surface area contributed by atoms with Crippen LogP contribution >= 0.6 is 0 Å². The number of aromatic nitrogens is 1. The Bertz CT molecular complexity index is 4850. The van der Waals surface area contributed by atoms with Gasteiger partial charge >= 0.3 is 5.97 Å². The number of allylic oxidation sites excluding steroid dienone is 2. The van der Waals surface area contributed by atoms with Gasteiger partial charge < -0.3 is 100 Å². The number of amides is 13. The third kappa shape index (κ3) is 38.3. The molecular formula is C97H143N17O22. The Morgan fingerprint density at radius 2 is 1.10 bits per heavy atom. The van der Waals surface area contributed by atoms with E-state index in [-0.39, 0.29) is 87.8 Å². The zero-order valence-corrected chi connectivity index (χ0v) is 80.9. The molecule has 0 saturated heterocycles. The van der Waals surface area contributed by atoms with Crippen LogP contribution in [0.5, 0.6) is 5.75 Å². The fourth-order valence-electron chi connectivity index (χ4n) is 15.5. The monoisotopic (exact) mass is 1900 g/mol. The number of para-hydroxylation sites is 1. The number of aromatic amines is 1. The van der Waals surface area contributed by atoms with Crippen LogP contribution in [-0.2, 0) is 110 Å². The standard InChI is InChI=1S/C97H143N17O22/c1-53(2)45-68-52-101-72(39-41-78(98)119)84(125)83(124)58(8)103-90(131)77(49-67-51-100-71-34-28-27-33-70(67)71)108-91(132)75(48-66-35-37-69(118)38-36-66)107-89(130)73(40-42-79(120)121)110-95(136)96(15,113-93(134)76(47-65-31-25-24-26-32-65)109-94(135)80(63(13)116)111-92(133)74(46-54(3)4)106-64(14)117)43-29-22-20-18-17-19-21-23-30-44-97(16,114-88(68)129)112-61(11)87(128)105-60(10)86(127)104-59(9)85(126)102-57(7)82(123)81(122)56(6)99-50-55(5)62(12)115/h19,21,24-28,31-38,51,53-61,63,68,72-77,80,99-101,112,116,118H,17-18,20,22-23,29-30,39-50,52H2,1-16H3,(H2,98,119)(H,102,126)(H,103,131)(H,104,127)(H,105,128)(H,106,117)(H,107,130)(H,108,132)(H,109,135)(H,110,136)(H,111,133)(H,113,134)(H,114,129)(H,120,121)/b21-19+/t55-,56-,57-,58?,59?,60-,61?,63+,68+,72-,73-,74-,75?,76-,77-,80-,96+,97+/m0/s1. The van der Waals surface area contributed by atoms with Crippen molar-refractivity contribution < 1.29 is 106 Å². The maximum atomic E-state index is 15.6. The van der Waals surface area contributed by atoms with Crippen molar-refractivity contribution >= 4 is 123 Å². The lowest BCUT2D eigenvalue weighted by molar-refractivity contribution is -0.140. The molecule has 39 nitrogen and oxygen atoms in total. The minimum absolute atomic E-state index is 0.124. The summed E-state index contributed by atoms with van der Waals surface area (Å²) in [5, 5.41) is 73.2. The van der Waals surface area contributed by atoms with Gasteiger partial charge in [0, 0.05) is 75.1 Å². The number of rotatable bonds is 39. The van der Waals surface area contributed by atoms with Crippen LogP contribution < -0.4 is 85.5 Å². The van der Waals surface area contributed by atoms with Crippen LogP contribution in [0.1, 0.15) is 224 Å². The first kappa shape index (κ1) is 114. The number of phenolic OH excluding ortho intramolecular Hbond substituents is 1. The fraction of sp³-hybridized carbons (Fsp3) is 0.577. The Morgan fingerprint density at radius 1 is 0.529 bits per heavy atom. The number of Topliss-reactive ketones (excluding diaryl/α,β-unsaturated/α-hetero) is 5. The summed E-state index contributed by atoms with van der Waals surface area (Å²) in [5.41, 5.74) is 4.03. The van der Waals surface area contributed by atoms with Gasteiger partial charge in [-0.15, -0.1) is 0 Å². The molecule has 13 amide bonds. The third-order valence-electron chi connectivity index (χ3n) is 23.7. The molecule has 136 heavy (non-hydrogen) atoms. The maximum absolute atomic E-state index is 15.6. The largest absolute Gasteiger partial charge is 0.508 e. The lowest BCUT2D eigenvalue weighted by atomic mass is 9.91. The minimum Gasteiger partial charge on any atom is -0.508 e. The van der Waals surface area contributed by atoms with Gasteiger partial charge in [0.25, 0.3) is 0 Å². The van der Waals surface area contributed by atoms with Crippen molar-refractivity contribution in [3.63, 3.8) is 0 Å². The molecule has 1 aliphatic heterocycles. The molecule has 4 unspecified atom stereocenters. The fourth-order valence-corrected chi connectivity index (χ4v) is 15.5. The molecule has 1 aromatic heterocycles. The number of ketones is 5. The summed E-state index contributed by atoms with van der Waals surface area (Å²) in [4.78, 5) is 269. The summed E-state index contributed by atoms with van der Waals surface area (Å²) >= 11 is 0. The smallest absolute Gasteiger partial charge is 0.303 e. The van der Waals surface area contributed by atoms with Crippen molar-refractivity contribution in [3.8, 4) is 5.75 Å². The van der Waals surface area contributed by atoms with Crippen LogP contribution in [0.2, 0.25) is 0 Å². The quantitative estimate of drug-likeness (QED) is 0.0225. The molecule has 0 saturated carbocycles. The predicted octanol–water partition coefficient (Wildman–Crippen LogP) is 2.27. The highest BCUT2D eigenvalue weighted by Crippen LogP contribution is 2.25. The Balaban J connectivity index is 1.59. The van der Waals surface area contributed by atoms with Gasteiger partial charge in [-0.3, -0.25) is 96.4 Å². The van der Waals surface area contributed by atoms with E-state index in [0.29, 0.717) is 66.1 Å². The molecule has 0 bridgehead atoms. The van der Waals surface area contributed by atoms with Gasteiger partial charge in [-0.25, -0.2) is 0 Å². The Hall–Kier alpha value is -12.5. The SMILES string of the molecule is CC(=O)N[C@@H](CC(C)C)C(=O)N[C@H](C(=O)N[C@@H](Cc1ccccc1)C(=O)N[C@]1(C)CCCCCC/C=C/CCC[C@](C)(NC(C)C(=O)N[C@@H](C)C(=O)NC(C)C(=O)N[C@@H](C)C(=O)C(=O)[C@H](C)NC[C@H](C)C(C)=O)NC(=O)[C@H](CC(C)C)CN[C@@H](CCC(N)=O)C(=O)C(=O)C(C)NC(=O)[C@H](Cc2c[nH]c3ccccc23)NC(=O)C(Cc2ccc(O)cc2)NC(=O)[C@H](CCC(=O)O)NC1=O)[C@@H](C)O. The second-order valence-electron chi connectivity index (χ2n) is 37.0. The van der Waals surface area contributed by atoms with Gasteiger partial charge in [-0.1, -0.05) is 127 Å². The number of aliphatic carboxylic acids is 1. The van der Waals surface area contributed by atoms with E-state index in [1.54, 1.807) is 88.5 Å². The van der Waals surface area contributed by atoms with Crippen molar-refractivity contribution in [2.24, 2.45) is 29.4 Å². The third-order valence-corrected chi connectivity index (χ3v) is 23.7. The van der Waals surface area contributed by atoms with Crippen molar-refractivity contribution in [1.29, 1.82) is 0 Å². The van der Waals surface area contributed by atoms with Gasteiger partial charge in [-0.2, -0.15) is 0 Å². The zero-order valence-electron chi connectivity index (χ0n) is 80.9. The first-order chi connectivity index (χ1) is 63.9. The number of carbonyl (C=O) groups is 19. The number of aromatic hydroxyl groups is 1. The highest BCUT2D eigenvalue weighted by Gasteiger charge is 2.43. The van der Waals surface area contributed by atoms with Gasteiger partial charge in [0.05, 0.1) is 47.9 Å². The summed E-state index contributed by atoms with van der Waals surface area (Å²) in [6.45, 7) is 23.7. The van der Waals surface area contributed by atoms with Crippen molar-refractivity contribution in [2.45, 2.75) is 322 Å². The Labute approximate surface area is 794 Å². The molecule has 748 valence electrons. The topological polar surface area (TPSA) is 607 Å². The van der Waals surface area contributed by atoms with Crippen LogP contribution in [0.25, 0.3) is 10.9 Å². The number of H-pyrrole nitrogens is 1. The van der Waals surface area contributed by atoms with Crippen LogP contribution in [0.4, 0.5) is 0 Å². The maximum Gasteiger partial charge on any atom is 0.303 e. The van der Waals surface area contributed by atoms with E-state index in [2.05, 4.69) is 84.7 Å². The zero-order chi connectivity index (χ0) is 102. The number of benzene rings is 3. The first-order valence-electron chi connectivity index (χ1n) is 46.7. The number of fused-ring (bicyclic) bond motifs is 1. The number of nitrogens with one attached hydrogen (secondary N) is 16. The lowest BCUT2D eigenvalue weighted by Crippen LogP contribution is -2.65. The molecule has 1 aliphatic rings. The van der Waals surface area contributed by atoms with E-state index >= 15 is 28.8 Å². The summed E-state index contributed by atoms with van der Waals surface area (Å²) in [6.07, 6.45) is 3.96. The molecule has 0 radical (unpaired) electrons. The van der Waals surface area contributed by atoms with E-state index < -0.39 is 239 Å². The average Bonchev–Trinajstić information content (AvgIpc) is 1.00. The number of aliphatic hydroxyl groups is 1. The normalized spacial score (nSPS) is 22.2. The minimum atomic E-state index is -2.06. The number of phenols is 1. The number of hydrogen-bond acceptors (Lipinski definition) is 24. The molecular weight excluding hydrogens is 1760 g/mol. The van der Waals surface area contributed by atoms with E-state index in [4.69, 9.17) is 5.73 Å². The van der Waals surface area contributed by atoms with Crippen LogP contribution in [-0.4, -0.2) is 241 Å². The summed E-state index contributed by atoms with van der Waals surface area (Å²) in [5.74, 6) is -19.1.